The highest BCUT2D eigenvalue weighted by molar-refractivity contribution is 8.00. The van der Waals surface area contributed by atoms with Crippen molar-refractivity contribution in [1.82, 2.24) is 36.3 Å². The van der Waals surface area contributed by atoms with Crippen LogP contribution >= 0.6 is 11.8 Å². The van der Waals surface area contributed by atoms with Crippen LogP contribution in [0.5, 0.6) is 5.75 Å². The molecule has 3 unspecified atom stereocenters. The van der Waals surface area contributed by atoms with E-state index in [2.05, 4.69) is 31.6 Å². The molecule has 3 atom stereocenters. The van der Waals surface area contributed by atoms with Gasteiger partial charge in [0.2, 0.25) is 11.8 Å². The molecule has 2 aromatic rings. The zero-order chi connectivity index (χ0) is 27.5. The van der Waals surface area contributed by atoms with Crippen molar-refractivity contribution in [3.8, 4) is 5.75 Å². The van der Waals surface area contributed by atoms with Crippen LogP contribution in [0.1, 0.15) is 49.8 Å². The molecule has 3 heterocycles. The molecule has 0 spiro atoms. The number of rotatable bonds is 16. The van der Waals surface area contributed by atoms with E-state index in [1.807, 2.05) is 36.0 Å². The van der Waals surface area contributed by atoms with Crippen molar-refractivity contribution in [2.45, 2.75) is 75.2 Å². The average molecular weight is 558 g/mol. The number of nitrogens with one attached hydrogen (secondary N) is 4. The van der Waals surface area contributed by atoms with Crippen LogP contribution in [0, 0.1) is 0 Å². The predicted octanol–water partition coefficient (Wildman–Crippen LogP) is 1.81. The topological polar surface area (TPSA) is 139 Å². The van der Waals surface area contributed by atoms with E-state index in [9.17, 15) is 14.4 Å². The third-order valence-corrected chi connectivity index (χ3v) is 8.56. The Labute approximate surface area is 233 Å². The molecule has 0 radical (unpaired) electrons. The molecule has 1 aromatic carbocycles. The van der Waals surface area contributed by atoms with Gasteiger partial charge in [0.1, 0.15) is 12.3 Å². The lowest BCUT2D eigenvalue weighted by atomic mass is 10.0. The smallest absolute Gasteiger partial charge is 0.315 e. The van der Waals surface area contributed by atoms with Gasteiger partial charge in [-0.15, -0.1) is 5.10 Å². The Morgan fingerprint density at radius 1 is 1.05 bits per heavy atom. The standard InChI is InChI=1S/C27H39N7O4S/c1-38-21-11-9-19(10-12-21)13-15-29-25(36)17-34-16-20(32-33-34)6-4-5-14-28-24(35)8-3-2-7-23-26-22(18-39-23)30-27(37)31-26/h9-12,16,22-23,26H,2-8,13-15,17-18H2,1H3,(H,28,35)(H,29,36)(H2,30,31,37). The van der Waals surface area contributed by atoms with Gasteiger partial charge in [0.05, 0.1) is 24.9 Å². The largest absolute Gasteiger partial charge is 0.497 e. The Bertz CT molecular complexity index is 1090. The monoisotopic (exact) mass is 557 g/mol. The van der Waals surface area contributed by atoms with Crippen molar-refractivity contribution in [2.24, 2.45) is 0 Å². The Kier molecular flexibility index (Phi) is 10.9. The van der Waals surface area contributed by atoms with Gasteiger partial charge in [0.15, 0.2) is 0 Å². The van der Waals surface area contributed by atoms with Crippen LogP contribution in [0.2, 0.25) is 0 Å². The molecular weight excluding hydrogens is 518 g/mol. The summed E-state index contributed by atoms with van der Waals surface area (Å²) in [7, 11) is 1.64. The fourth-order valence-corrected chi connectivity index (χ4v) is 6.44. The lowest BCUT2D eigenvalue weighted by Crippen LogP contribution is -2.36. The predicted molar refractivity (Wildman–Crippen MR) is 150 cm³/mol. The van der Waals surface area contributed by atoms with E-state index in [4.69, 9.17) is 4.74 Å². The first-order valence-corrected chi connectivity index (χ1v) is 14.8. The number of thioether (sulfide) groups is 1. The van der Waals surface area contributed by atoms with Gasteiger partial charge in [-0.1, -0.05) is 23.8 Å². The summed E-state index contributed by atoms with van der Waals surface area (Å²) in [5.74, 6) is 1.77. The summed E-state index contributed by atoms with van der Waals surface area (Å²) in [5.41, 5.74) is 1.97. The van der Waals surface area contributed by atoms with Crippen LogP contribution in [0.3, 0.4) is 0 Å². The van der Waals surface area contributed by atoms with Crippen molar-refractivity contribution in [3.05, 3.63) is 41.7 Å². The van der Waals surface area contributed by atoms with Crippen LogP contribution < -0.4 is 26.0 Å². The van der Waals surface area contributed by atoms with E-state index in [1.54, 1.807) is 18.0 Å². The van der Waals surface area contributed by atoms with Gasteiger partial charge in [0.25, 0.3) is 0 Å². The van der Waals surface area contributed by atoms with E-state index in [1.165, 1.54) is 0 Å². The van der Waals surface area contributed by atoms with Gasteiger partial charge >= 0.3 is 6.03 Å². The molecule has 2 aliphatic rings. The number of unbranched alkanes of at least 4 members (excludes halogenated alkanes) is 2. The number of methoxy groups -OCH3 is 1. The van der Waals surface area contributed by atoms with Crippen LogP contribution in [0.25, 0.3) is 0 Å². The van der Waals surface area contributed by atoms with Crippen LogP contribution in [0.15, 0.2) is 30.5 Å². The average Bonchev–Trinajstić information content (AvgIpc) is 3.63. The van der Waals surface area contributed by atoms with Crippen LogP contribution in [-0.2, 0) is 29.0 Å². The zero-order valence-electron chi connectivity index (χ0n) is 22.5. The molecule has 1 aromatic heterocycles. The number of benzene rings is 1. The van der Waals surface area contributed by atoms with E-state index >= 15 is 0 Å². The quantitative estimate of drug-likeness (QED) is 0.182. The third kappa shape index (κ3) is 9.15. The van der Waals surface area contributed by atoms with Crippen molar-refractivity contribution in [2.75, 3.05) is 26.0 Å². The van der Waals surface area contributed by atoms with Gasteiger partial charge < -0.3 is 26.0 Å². The lowest BCUT2D eigenvalue weighted by molar-refractivity contribution is -0.122. The van der Waals surface area contributed by atoms with E-state index in [0.717, 1.165) is 67.7 Å². The maximum absolute atomic E-state index is 12.2. The van der Waals surface area contributed by atoms with Gasteiger partial charge in [-0.05, 0) is 56.2 Å². The first kappa shape index (κ1) is 28.7. The number of hydrogen-bond donors (Lipinski definition) is 4. The van der Waals surface area contributed by atoms with E-state index in [-0.39, 0.29) is 36.5 Å². The number of ether oxygens (including phenoxy) is 1. The fraction of sp³-hybridized carbons (Fsp3) is 0.593. The molecule has 12 heteroatoms. The highest BCUT2D eigenvalue weighted by Gasteiger charge is 2.42. The molecule has 2 fully saturated rings. The minimum atomic E-state index is -0.101. The first-order valence-electron chi connectivity index (χ1n) is 13.7. The SMILES string of the molecule is COc1ccc(CCNC(=O)Cn2cc(CCCCNC(=O)CCCCC3SCC4NC(=O)NC43)nn2)cc1. The molecule has 4 rings (SSSR count). The summed E-state index contributed by atoms with van der Waals surface area (Å²) in [6.45, 7) is 1.33. The number of carbonyl (C=O) groups is 3. The molecule has 0 saturated carbocycles. The second kappa shape index (κ2) is 14.8. The minimum absolute atomic E-state index is 0.0563. The number of aromatic nitrogens is 3. The zero-order valence-corrected chi connectivity index (χ0v) is 23.3. The number of nitrogens with zero attached hydrogens (tertiary/aromatic N) is 3. The van der Waals surface area contributed by atoms with Crippen molar-refractivity contribution >= 4 is 29.6 Å². The van der Waals surface area contributed by atoms with E-state index < -0.39 is 0 Å². The Balaban J connectivity index is 0.998. The van der Waals surface area contributed by atoms with Crippen molar-refractivity contribution < 1.29 is 19.1 Å². The number of urea groups is 1. The van der Waals surface area contributed by atoms with Crippen molar-refractivity contribution in [1.29, 1.82) is 0 Å². The lowest BCUT2D eigenvalue weighted by Gasteiger charge is -2.16. The number of aryl methyl sites for hydroxylation is 1. The molecule has 212 valence electrons. The molecule has 11 nitrogen and oxygen atoms in total. The van der Waals surface area contributed by atoms with Gasteiger partial charge in [-0.2, -0.15) is 11.8 Å². The Hall–Kier alpha value is -3.28. The second-order valence-electron chi connectivity index (χ2n) is 10.0. The molecular formula is C27H39N7O4S. The highest BCUT2D eigenvalue weighted by Crippen LogP contribution is 2.33. The fourth-order valence-electron chi connectivity index (χ4n) is 4.89. The molecule has 2 saturated heterocycles. The van der Waals surface area contributed by atoms with Gasteiger partial charge in [0, 0.05) is 36.7 Å². The molecule has 4 amide bonds. The van der Waals surface area contributed by atoms with Crippen LogP contribution in [0.4, 0.5) is 4.79 Å². The van der Waals surface area contributed by atoms with Crippen LogP contribution in [-0.4, -0.2) is 76.1 Å². The summed E-state index contributed by atoms with van der Waals surface area (Å²) in [6.07, 6.45) is 8.45. The summed E-state index contributed by atoms with van der Waals surface area (Å²) in [6, 6.07) is 8.22. The molecule has 2 aliphatic heterocycles. The summed E-state index contributed by atoms with van der Waals surface area (Å²) >= 11 is 1.91. The maximum Gasteiger partial charge on any atom is 0.315 e. The van der Waals surface area contributed by atoms with Gasteiger partial charge in [-0.3, -0.25) is 9.59 Å². The number of hydrogen-bond acceptors (Lipinski definition) is 7. The Morgan fingerprint density at radius 2 is 1.87 bits per heavy atom. The molecule has 4 N–H and O–H groups in total. The minimum Gasteiger partial charge on any atom is -0.497 e. The number of amides is 4. The number of fused-ring (bicyclic) bond motifs is 1. The summed E-state index contributed by atoms with van der Waals surface area (Å²) < 4.78 is 6.71. The molecule has 39 heavy (non-hydrogen) atoms. The highest BCUT2D eigenvalue weighted by atomic mass is 32.2. The molecule has 0 bridgehead atoms. The van der Waals surface area contributed by atoms with E-state index in [0.29, 0.717) is 24.8 Å². The maximum atomic E-state index is 12.2. The Morgan fingerprint density at radius 3 is 2.69 bits per heavy atom. The summed E-state index contributed by atoms with van der Waals surface area (Å²) in [5, 5.41) is 20.5. The number of carbonyl (C=O) groups excluding carboxylic acids is 3. The molecule has 0 aliphatic carbocycles. The van der Waals surface area contributed by atoms with Gasteiger partial charge in [-0.25, -0.2) is 9.48 Å². The second-order valence-corrected chi connectivity index (χ2v) is 11.3. The summed E-state index contributed by atoms with van der Waals surface area (Å²) in [4.78, 5) is 35.8. The normalized spacial score (nSPS) is 19.7. The van der Waals surface area contributed by atoms with Crippen molar-refractivity contribution in [3.63, 3.8) is 0 Å². The third-order valence-electron chi connectivity index (χ3n) is 7.05. The first-order chi connectivity index (χ1) is 19.0.